The number of aliphatic hydroxyl groups is 1. The summed E-state index contributed by atoms with van der Waals surface area (Å²) >= 11 is 3.32. The highest BCUT2D eigenvalue weighted by molar-refractivity contribution is 9.10. The Morgan fingerprint density at radius 1 is 1.33 bits per heavy atom. The van der Waals surface area contributed by atoms with Crippen molar-refractivity contribution in [1.82, 2.24) is 15.0 Å². The van der Waals surface area contributed by atoms with E-state index in [9.17, 15) is 5.11 Å². The van der Waals surface area contributed by atoms with Gasteiger partial charge in [0, 0.05) is 7.05 Å². The first-order valence-electron chi connectivity index (χ1n) is 5.84. The van der Waals surface area contributed by atoms with Crippen LogP contribution in [-0.2, 0) is 19.1 Å². The molecule has 1 atom stereocenters. The van der Waals surface area contributed by atoms with Gasteiger partial charge in [0.2, 0.25) is 0 Å². The minimum absolute atomic E-state index is 0.564. The van der Waals surface area contributed by atoms with Crippen molar-refractivity contribution >= 4 is 15.9 Å². The zero-order valence-electron chi connectivity index (χ0n) is 10.7. The molecule has 1 unspecified atom stereocenters. The van der Waals surface area contributed by atoms with Gasteiger partial charge in [-0.05, 0) is 40.4 Å². The summed E-state index contributed by atoms with van der Waals surface area (Å²) in [5, 5.41) is 18.6. The third kappa shape index (κ3) is 2.20. The summed E-state index contributed by atoms with van der Waals surface area (Å²) in [6.45, 7) is 3.85. The average Bonchev–Trinajstić information content (AvgIpc) is 2.69. The summed E-state index contributed by atoms with van der Waals surface area (Å²) in [7, 11) is 1.77. The molecule has 1 aromatic heterocycles. The van der Waals surface area contributed by atoms with Gasteiger partial charge < -0.3 is 5.11 Å². The van der Waals surface area contributed by atoms with Crippen LogP contribution in [0.2, 0.25) is 0 Å². The Morgan fingerprint density at radius 2 is 1.94 bits per heavy atom. The Bertz CT molecular complexity index is 526. The number of halogens is 1. The van der Waals surface area contributed by atoms with Crippen molar-refractivity contribution in [1.29, 1.82) is 0 Å². The summed E-state index contributed by atoms with van der Waals surface area (Å²) in [5.74, 6) is 0. The van der Waals surface area contributed by atoms with Crippen LogP contribution in [-0.4, -0.2) is 20.1 Å². The van der Waals surface area contributed by atoms with E-state index in [-0.39, 0.29) is 0 Å². The molecule has 0 aliphatic heterocycles. The van der Waals surface area contributed by atoms with Crippen LogP contribution < -0.4 is 0 Å². The Hall–Kier alpha value is -1.20. The fraction of sp³-hybridized carbons (Fsp3) is 0.385. The van der Waals surface area contributed by atoms with Crippen molar-refractivity contribution < 1.29 is 5.11 Å². The van der Waals surface area contributed by atoms with E-state index in [0.29, 0.717) is 10.3 Å². The minimum atomic E-state index is -1.12. The van der Waals surface area contributed by atoms with Gasteiger partial charge in [-0.25, -0.2) is 4.68 Å². The fourth-order valence-electron chi connectivity index (χ4n) is 2.05. The number of hydrogen-bond acceptors (Lipinski definition) is 3. The van der Waals surface area contributed by atoms with Crippen LogP contribution in [0, 0.1) is 0 Å². The number of aromatic nitrogens is 3. The van der Waals surface area contributed by atoms with Crippen LogP contribution in [0.1, 0.15) is 30.7 Å². The molecule has 1 aromatic carbocycles. The van der Waals surface area contributed by atoms with Crippen LogP contribution in [0.4, 0.5) is 0 Å². The van der Waals surface area contributed by atoms with E-state index in [1.54, 1.807) is 18.7 Å². The fourth-order valence-corrected chi connectivity index (χ4v) is 2.76. The SMILES string of the molecule is CCc1ccc(C(C)(O)c2c(Br)nnn2C)cc1. The highest BCUT2D eigenvalue weighted by Gasteiger charge is 2.32. The molecule has 0 spiro atoms. The molecule has 0 fully saturated rings. The molecule has 5 heteroatoms. The number of benzene rings is 1. The molecule has 0 saturated heterocycles. The largest absolute Gasteiger partial charge is 0.379 e. The maximum atomic E-state index is 10.7. The van der Waals surface area contributed by atoms with E-state index >= 15 is 0 Å². The van der Waals surface area contributed by atoms with Gasteiger partial charge in [-0.15, -0.1) is 5.10 Å². The predicted octanol–water partition coefficient (Wildman–Crippen LogP) is 2.40. The van der Waals surface area contributed by atoms with Gasteiger partial charge in [-0.2, -0.15) is 0 Å². The summed E-state index contributed by atoms with van der Waals surface area (Å²) in [5.41, 5.74) is 1.60. The molecule has 1 heterocycles. The van der Waals surface area contributed by atoms with Gasteiger partial charge >= 0.3 is 0 Å². The predicted molar refractivity (Wildman–Crippen MR) is 73.2 cm³/mol. The summed E-state index contributed by atoms with van der Waals surface area (Å²) in [6.07, 6.45) is 0.985. The smallest absolute Gasteiger partial charge is 0.154 e. The lowest BCUT2D eigenvalue weighted by molar-refractivity contribution is 0.0921. The summed E-state index contributed by atoms with van der Waals surface area (Å²) in [6, 6.07) is 7.94. The maximum absolute atomic E-state index is 10.7. The van der Waals surface area contributed by atoms with Gasteiger partial charge in [-0.3, -0.25) is 0 Å². The Labute approximate surface area is 115 Å². The first kappa shape index (κ1) is 13.2. The van der Waals surface area contributed by atoms with Crippen LogP contribution in [0.5, 0.6) is 0 Å². The van der Waals surface area contributed by atoms with E-state index in [1.807, 2.05) is 24.3 Å². The summed E-state index contributed by atoms with van der Waals surface area (Å²) in [4.78, 5) is 0. The van der Waals surface area contributed by atoms with Gasteiger partial charge in [0.15, 0.2) is 4.60 Å². The molecular formula is C13H16BrN3O. The molecule has 96 valence electrons. The second-order valence-electron chi connectivity index (χ2n) is 4.48. The van der Waals surface area contributed by atoms with Gasteiger partial charge in [0.1, 0.15) is 11.3 Å². The summed E-state index contributed by atoms with van der Waals surface area (Å²) < 4.78 is 2.15. The topological polar surface area (TPSA) is 50.9 Å². The van der Waals surface area contributed by atoms with Crippen molar-refractivity contribution in [3.63, 3.8) is 0 Å². The lowest BCUT2D eigenvalue weighted by Crippen LogP contribution is -2.26. The minimum Gasteiger partial charge on any atom is -0.379 e. The number of aryl methyl sites for hydroxylation is 2. The van der Waals surface area contributed by atoms with E-state index in [2.05, 4.69) is 33.2 Å². The molecule has 0 radical (unpaired) electrons. The number of rotatable bonds is 3. The first-order valence-corrected chi connectivity index (χ1v) is 6.63. The van der Waals surface area contributed by atoms with Crippen LogP contribution in [0.15, 0.2) is 28.9 Å². The molecule has 18 heavy (non-hydrogen) atoms. The van der Waals surface area contributed by atoms with Gasteiger partial charge in [0.25, 0.3) is 0 Å². The van der Waals surface area contributed by atoms with E-state index in [0.717, 1.165) is 12.0 Å². The highest BCUT2D eigenvalue weighted by atomic mass is 79.9. The third-order valence-electron chi connectivity index (χ3n) is 3.17. The molecular weight excluding hydrogens is 294 g/mol. The molecule has 4 nitrogen and oxygen atoms in total. The van der Waals surface area contributed by atoms with Crippen LogP contribution in [0.25, 0.3) is 0 Å². The third-order valence-corrected chi connectivity index (χ3v) is 3.71. The second kappa shape index (κ2) is 4.82. The molecule has 0 aliphatic rings. The van der Waals surface area contributed by atoms with Gasteiger partial charge in [0.05, 0.1) is 0 Å². The molecule has 0 aliphatic carbocycles. The molecule has 1 N–H and O–H groups in total. The van der Waals surface area contributed by atoms with Crippen molar-refractivity contribution in [2.75, 3.05) is 0 Å². The zero-order valence-corrected chi connectivity index (χ0v) is 12.3. The lowest BCUT2D eigenvalue weighted by atomic mass is 9.92. The maximum Gasteiger partial charge on any atom is 0.154 e. The molecule has 2 aromatic rings. The quantitative estimate of drug-likeness (QED) is 0.947. The van der Waals surface area contributed by atoms with E-state index < -0.39 is 5.60 Å². The van der Waals surface area contributed by atoms with Crippen molar-refractivity contribution in [3.8, 4) is 0 Å². The lowest BCUT2D eigenvalue weighted by Gasteiger charge is -2.24. The Kier molecular flexibility index (Phi) is 3.54. The van der Waals surface area contributed by atoms with Crippen LogP contribution in [0.3, 0.4) is 0 Å². The molecule has 2 rings (SSSR count). The molecule has 0 bridgehead atoms. The Morgan fingerprint density at radius 3 is 2.39 bits per heavy atom. The molecule has 0 amide bonds. The monoisotopic (exact) mass is 309 g/mol. The number of nitrogens with zero attached hydrogens (tertiary/aromatic N) is 3. The average molecular weight is 310 g/mol. The standard InChI is InChI=1S/C13H16BrN3O/c1-4-9-5-7-10(8-6-9)13(2,18)11-12(14)15-16-17(11)3/h5-8,18H,4H2,1-3H3. The first-order chi connectivity index (χ1) is 8.46. The second-order valence-corrected chi connectivity index (χ2v) is 5.23. The highest BCUT2D eigenvalue weighted by Crippen LogP contribution is 2.32. The van der Waals surface area contributed by atoms with Crippen molar-refractivity contribution in [3.05, 3.63) is 45.7 Å². The normalized spacial score (nSPS) is 14.5. The Balaban J connectivity index is 2.47. The number of hydrogen-bond donors (Lipinski definition) is 1. The van der Waals surface area contributed by atoms with E-state index in [1.165, 1.54) is 5.56 Å². The molecule has 0 saturated carbocycles. The van der Waals surface area contributed by atoms with Crippen LogP contribution >= 0.6 is 15.9 Å². The van der Waals surface area contributed by atoms with Gasteiger partial charge in [-0.1, -0.05) is 36.4 Å². The van der Waals surface area contributed by atoms with Crippen molar-refractivity contribution in [2.45, 2.75) is 25.9 Å². The van der Waals surface area contributed by atoms with Crippen molar-refractivity contribution in [2.24, 2.45) is 7.05 Å². The zero-order chi connectivity index (χ0) is 13.3. The van der Waals surface area contributed by atoms with E-state index in [4.69, 9.17) is 0 Å².